The summed E-state index contributed by atoms with van der Waals surface area (Å²) in [6, 6.07) is 41.1. The Bertz CT molecular complexity index is 3130. The summed E-state index contributed by atoms with van der Waals surface area (Å²) in [5.41, 5.74) is 5.96. The molecule has 3 aromatic heterocycles. The van der Waals surface area contributed by atoms with Gasteiger partial charge in [-0.3, -0.25) is 0 Å². The Morgan fingerprint density at radius 1 is 0.754 bits per heavy atom. The fraction of sp³-hybridized carbons (Fsp3) is 0.333. The van der Waals surface area contributed by atoms with Crippen molar-refractivity contribution in [1.29, 1.82) is 0 Å². The molecule has 0 N–H and O–H groups in total. The molecule has 1 fully saturated rings. The van der Waals surface area contributed by atoms with Gasteiger partial charge >= 0.3 is 0 Å². The van der Waals surface area contributed by atoms with Crippen LogP contribution in [0.3, 0.4) is 0 Å². The number of aromatic nitrogens is 2. The molecule has 8 aromatic rings. The molecule has 9 rings (SSSR count). The molecule has 0 aliphatic heterocycles. The van der Waals surface area contributed by atoms with Crippen molar-refractivity contribution in [3.63, 3.8) is 0 Å². The summed E-state index contributed by atoms with van der Waals surface area (Å²) in [4.78, 5) is 9.21. The van der Waals surface area contributed by atoms with Crippen molar-refractivity contribution in [3.8, 4) is 33.6 Å². The Kier molecular flexibility index (Phi) is 10.1. The molecule has 0 unspecified atom stereocenters. The van der Waals surface area contributed by atoms with Gasteiger partial charge in [-0.2, -0.15) is 0 Å². The number of benzene rings is 5. The minimum absolute atomic E-state index is 0. The van der Waals surface area contributed by atoms with Gasteiger partial charge in [-0.25, -0.2) is 0 Å². The molecule has 3 heterocycles. The number of pyridine rings is 2. The van der Waals surface area contributed by atoms with Crippen LogP contribution in [-0.4, -0.2) is 9.97 Å². The van der Waals surface area contributed by atoms with Crippen LogP contribution >= 0.6 is 0 Å². The van der Waals surface area contributed by atoms with Gasteiger partial charge in [0.15, 0.2) is 0 Å². The van der Waals surface area contributed by atoms with Crippen LogP contribution in [0.5, 0.6) is 0 Å². The summed E-state index contributed by atoms with van der Waals surface area (Å²) in [5.74, 6) is -0.550. The maximum atomic E-state index is 9.18. The van der Waals surface area contributed by atoms with E-state index >= 15 is 0 Å². The van der Waals surface area contributed by atoms with E-state index in [1.807, 2.05) is 54.7 Å². The minimum atomic E-state index is -2.34. The first-order valence-electron chi connectivity index (χ1n) is 25.1. The molecule has 1 radical (unpaired) electrons. The van der Waals surface area contributed by atoms with Crippen LogP contribution in [0.1, 0.15) is 120 Å². The Labute approximate surface area is 389 Å². The number of rotatable bonds is 6. The van der Waals surface area contributed by atoms with Crippen LogP contribution in [0.25, 0.3) is 66.4 Å². The molecule has 5 aromatic carbocycles. The normalized spacial score (nSPS) is 17.6. The maximum absolute atomic E-state index is 9.18. The predicted octanol–water partition coefficient (Wildman–Crippen LogP) is 16.0. The average molecular weight is 989 g/mol. The molecular weight excluding hydrogens is 921 g/mol. The molecule has 0 saturated heterocycles. The smallest absolute Gasteiger partial charge is 0.128 e. The van der Waals surface area contributed by atoms with Gasteiger partial charge in [0.25, 0.3) is 0 Å². The van der Waals surface area contributed by atoms with Crippen molar-refractivity contribution in [2.75, 3.05) is 0 Å². The summed E-state index contributed by atoms with van der Waals surface area (Å²) in [6.45, 7) is 13.0. The summed E-state index contributed by atoms with van der Waals surface area (Å²) in [5, 5.41) is 4.47. The van der Waals surface area contributed by atoms with E-state index in [0.29, 0.717) is 22.2 Å². The van der Waals surface area contributed by atoms with Crippen molar-refractivity contribution in [1.82, 2.24) is 9.97 Å². The van der Waals surface area contributed by atoms with Crippen LogP contribution in [0.4, 0.5) is 0 Å². The van der Waals surface area contributed by atoms with Crippen LogP contribution in [0.15, 0.2) is 126 Å². The third-order valence-corrected chi connectivity index (χ3v) is 11.2. The zero-order valence-corrected chi connectivity index (χ0v) is 38.9. The van der Waals surface area contributed by atoms with E-state index in [1.54, 1.807) is 53.7 Å². The van der Waals surface area contributed by atoms with Crippen molar-refractivity contribution in [2.24, 2.45) is 16.2 Å². The maximum Gasteiger partial charge on any atom is 0.128 e. The fourth-order valence-corrected chi connectivity index (χ4v) is 8.07. The average Bonchev–Trinajstić information content (AvgIpc) is 3.69. The molecule has 0 spiro atoms. The molecular formula is C57H60IrN2O-2. The van der Waals surface area contributed by atoms with Crippen LogP contribution in [0, 0.1) is 35.2 Å². The third kappa shape index (κ3) is 10.3. The molecule has 4 heteroatoms. The Morgan fingerprint density at radius 3 is 2.20 bits per heavy atom. The molecule has 1 aliphatic rings. The van der Waals surface area contributed by atoms with E-state index in [9.17, 15) is 1.37 Å². The second kappa shape index (κ2) is 17.8. The van der Waals surface area contributed by atoms with Crippen LogP contribution in [0.2, 0.25) is 0 Å². The minimum Gasteiger partial charge on any atom is -0.500 e. The van der Waals surface area contributed by atoms with Gasteiger partial charge in [0.2, 0.25) is 0 Å². The van der Waals surface area contributed by atoms with Crippen molar-refractivity contribution in [2.45, 2.75) is 107 Å². The van der Waals surface area contributed by atoms with Crippen molar-refractivity contribution >= 4 is 32.7 Å². The van der Waals surface area contributed by atoms with Gasteiger partial charge in [0.05, 0.1) is 5.58 Å². The Balaban J connectivity index is 0.000000202. The molecule has 0 atom stereocenters. The summed E-state index contributed by atoms with van der Waals surface area (Å²) < 4.78 is 75.3. The van der Waals surface area contributed by atoms with E-state index in [4.69, 9.17) is 14.0 Å². The summed E-state index contributed by atoms with van der Waals surface area (Å²) in [6.07, 6.45) is 3.45. The third-order valence-electron chi connectivity index (χ3n) is 11.2. The van der Waals surface area contributed by atoms with Gasteiger partial charge in [-0.15, -0.1) is 47.5 Å². The van der Waals surface area contributed by atoms with E-state index in [-0.39, 0.29) is 36.8 Å². The fourth-order valence-electron chi connectivity index (χ4n) is 8.07. The number of hydrogen-bond acceptors (Lipinski definition) is 3. The van der Waals surface area contributed by atoms with E-state index in [2.05, 4.69) is 78.4 Å². The Hall–Kier alpha value is -4.89. The zero-order chi connectivity index (χ0) is 49.2. The Morgan fingerprint density at radius 2 is 1.46 bits per heavy atom. The number of nitrogens with zero attached hydrogens (tertiary/aromatic N) is 2. The first kappa shape index (κ1) is 34.7. The molecule has 61 heavy (non-hydrogen) atoms. The second-order valence-electron chi connectivity index (χ2n) is 19.0. The first-order chi connectivity index (χ1) is 31.7. The molecule has 1 aliphatic carbocycles. The number of furan rings is 1. The van der Waals surface area contributed by atoms with Crippen molar-refractivity contribution < 1.29 is 35.5 Å². The standard InChI is InChI=1S/C29H26NO.C28H34N.Ir/c1-29(2)15-12-19(13-16-29)21-14-17-30-26(18-21)25-9-5-8-23-24-11-10-20-6-3-4-7-22(20)27(24)31-28(23)25;1-20-13-14-22(15-25(20)21-11-9-8-10-12-21)26-16-23(17-27(2,3)4)24(19-29-26)18-28(5,6)7;/h3-8,10-11,14,17-19H,12-13,15-16H2,1-2H3;8-13,15-16,19H,17-18H2,1-7H3;/q2*-1;/i19D;1D3,17D2,18D2;. The van der Waals surface area contributed by atoms with Gasteiger partial charge in [-0.05, 0) is 100 Å². The van der Waals surface area contributed by atoms with E-state index in [0.717, 1.165) is 75.4 Å². The quantitative estimate of drug-likeness (QED) is 0.156. The monoisotopic (exact) mass is 989 g/mol. The van der Waals surface area contributed by atoms with Crippen LogP contribution in [-0.2, 0) is 32.9 Å². The van der Waals surface area contributed by atoms with E-state index < -0.39 is 36.3 Å². The van der Waals surface area contributed by atoms with Crippen molar-refractivity contribution in [3.05, 3.63) is 156 Å². The first-order valence-corrected chi connectivity index (χ1v) is 21.1. The van der Waals surface area contributed by atoms with Crippen LogP contribution < -0.4 is 0 Å². The van der Waals surface area contributed by atoms with Gasteiger partial charge in [-0.1, -0.05) is 163 Å². The van der Waals surface area contributed by atoms with E-state index in [1.165, 1.54) is 17.6 Å². The second-order valence-corrected chi connectivity index (χ2v) is 19.0. The molecule has 315 valence electrons. The largest absolute Gasteiger partial charge is 0.500 e. The number of aryl methyl sites for hydroxylation is 1. The number of hydrogen-bond donors (Lipinski definition) is 0. The van der Waals surface area contributed by atoms with Gasteiger partial charge in [0, 0.05) is 54.2 Å². The number of fused-ring (bicyclic) bond motifs is 5. The van der Waals surface area contributed by atoms with Gasteiger partial charge in [0.1, 0.15) is 5.58 Å². The molecule has 0 bridgehead atoms. The molecule has 1 saturated carbocycles. The zero-order valence-electron chi connectivity index (χ0n) is 44.5. The molecule has 0 amide bonds. The SMILES string of the molecule is [2H]C([2H])([2H])c1c[c-]c(-c2cc(C([2H])([2H])C(C)(C)C)c(C([2H])([2H])C(C)(C)C)cn2)cc1-c1ccccc1.[2H]C1(c2ccnc(-c3[c-]ccc4c3oc3c5ccccc5ccc43)c2)CCC(C)(C)CC1.[Ir]. The topological polar surface area (TPSA) is 38.9 Å². The molecule has 3 nitrogen and oxygen atoms in total. The predicted molar refractivity (Wildman–Crippen MR) is 253 cm³/mol. The van der Waals surface area contributed by atoms with Gasteiger partial charge < -0.3 is 14.4 Å². The summed E-state index contributed by atoms with van der Waals surface area (Å²) in [7, 11) is 0. The summed E-state index contributed by atoms with van der Waals surface area (Å²) >= 11 is 0.